The van der Waals surface area contributed by atoms with E-state index >= 15 is 0 Å². The zero-order valence-corrected chi connectivity index (χ0v) is 37.5. The molecule has 0 aromatic carbocycles. The normalized spacial score (nSPS) is 20.3. The highest BCUT2D eigenvalue weighted by atomic mass is 32.2. The van der Waals surface area contributed by atoms with Gasteiger partial charge in [-0.05, 0) is 12.8 Å². The van der Waals surface area contributed by atoms with Crippen LogP contribution in [0, 0.1) is 0 Å². The zero-order valence-electron chi connectivity index (χ0n) is 36.7. The standard InChI is InChI=1S/C45H86O12S/c1-3-5-7-9-11-13-15-17-19-20-22-24-26-28-30-32-34-41(47)56-38(36-55-45-44(50)43(49)42(48)39(57-45)37-58(51,52)53)35-54-40(46)33-31-29-27-25-23-21-18-16-14-12-10-8-6-4-2/h38-39,42-45,48-50H,3-37H2,1-2H3,(H,51,52,53). The van der Waals surface area contributed by atoms with Crippen molar-refractivity contribution < 1.29 is 56.8 Å². The van der Waals surface area contributed by atoms with Crippen molar-refractivity contribution in [1.82, 2.24) is 0 Å². The molecule has 1 aliphatic rings. The van der Waals surface area contributed by atoms with Crippen molar-refractivity contribution in [2.24, 2.45) is 0 Å². The molecular formula is C45H86O12S. The SMILES string of the molecule is CCCCCCCCCCCCCCCCCCC(=O)OC(COC(=O)CCCCCCCCCCCCCCCC)COC1OC(CS(=O)(=O)O)C(O)C(O)C1O. The van der Waals surface area contributed by atoms with Crippen LogP contribution in [0.1, 0.15) is 219 Å². The first-order chi connectivity index (χ1) is 28.0. The van der Waals surface area contributed by atoms with Crippen LogP contribution in [0.4, 0.5) is 0 Å². The van der Waals surface area contributed by atoms with Crippen molar-refractivity contribution in [3.8, 4) is 0 Å². The topological polar surface area (TPSA) is 186 Å². The Balaban J connectivity index is 2.41. The molecule has 0 bridgehead atoms. The maximum atomic E-state index is 12.8. The molecule has 58 heavy (non-hydrogen) atoms. The predicted octanol–water partition coefficient (Wildman–Crippen LogP) is 9.68. The van der Waals surface area contributed by atoms with Crippen molar-refractivity contribution in [3.05, 3.63) is 0 Å². The lowest BCUT2D eigenvalue weighted by molar-refractivity contribution is -0.297. The second-order valence-electron chi connectivity index (χ2n) is 16.8. The number of carbonyl (C=O) groups excluding carboxylic acids is 2. The molecule has 6 atom stereocenters. The molecule has 0 amide bonds. The summed E-state index contributed by atoms with van der Waals surface area (Å²) < 4.78 is 54.1. The summed E-state index contributed by atoms with van der Waals surface area (Å²) in [5.74, 6) is -1.96. The average molecular weight is 851 g/mol. The van der Waals surface area contributed by atoms with Crippen molar-refractivity contribution in [1.29, 1.82) is 0 Å². The molecule has 344 valence electrons. The van der Waals surface area contributed by atoms with Gasteiger partial charge >= 0.3 is 11.9 Å². The van der Waals surface area contributed by atoms with Crippen LogP contribution in [0.5, 0.6) is 0 Å². The smallest absolute Gasteiger partial charge is 0.306 e. The third-order valence-electron chi connectivity index (χ3n) is 11.2. The van der Waals surface area contributed by atoms with Gasteiger partial charge in [-0.3, -0.25) is 14.1 Å². The van der Waals surface area contributed by atoms with Gasteiger partial charge in [-0.25, -0.2) is 0 Å². The number of rotatable bonds is 40. The van der Waals surface area contributed by atoms with Crippen molar-refractivity contribution in [2.75, 3.05) is 19.0 Å². The molecule has 1 aliphatic heterocycles. The fourth-order valence-electron chi connectivity index (χ4n) is 7.50. The number of ether oxygens (including phenoxy) is 4. The molecule has 0 aromatic heterocycles. The highest BCUT2D eigenvalue weighted by Gasteiger charge is 2.46. The Bertz CT molecular complexity index is 1090. The van der Waals surface area contributed by atoms with Crippen LogP contribution >= 0.6 is 0 Å². The molecule has 1 heterocycles. The van der Waals surface area contributed by atoms with Crippen molar-refractivity contribution in [2.45, 2.75) is 256 Å². The van der Waals surface area contributed by atoms with E-state index in [1.807, 2.05) is 0 Å². The van der Waals surface area contributed by atoms with Gasteiger partial charge in [0.05, 0.1) is 6.61 Å². The molecule has 0 radical (unpaired) electrons. The van der Waals surface area contributed by atoms with Crippen molar-refractivity contribution >= 4 is 22.1 Å². The van der Waals surface area contributed by atoms with E-state index < -0.39 is 71.2 Å². The van der Waals surface area contributed by atoms with Crippen LogP contribution in [0.25, 0.3) is 0 Å². The van der Waals surface area contributed by atoms with E-state index in [1.54, 1.807) is 0 Å². The van der Waals surface area contributed by atoms with E-state index in [9.17, 15) is 37.9 Å². The van der Waals surface area contributed by atoms with Crippen LogP contribution in [-0.2, 0) is 38.7 Å². The number of carbonyl (C=O) groups is 2. The summed E-state index contributed by atoms with van der Waals surface area (Å²) in [6.07, 6.45) is 27.1. The first kappa shape index (κ1) is 54.7. The minimum atomic E-state index is -4.60. The summed E-state index contributed by atoms with van der Waals surface area (Å²) >= 11 is 0. The fraction of sp³-hybridized carbons (Fsp3) is 0.956. The van der Waals surface area contributed by atoms with Gasteiger partial charge in [0.1, 0.15) is 36.8 Å². The molecule has 1 saturated heterocycles. The average Bonchev–Trinajstić information content (AvgIpc) is 3.18. The summed E-state index contributed by atoms with van der Waals surface area (Å²) in [6, 6.07) is 0. The first-order valence-corrected chi connectivity index (χ1v) is 25.2. The van der Waals surface area contributed by atoms with Gasteiger partial charge in [0, 0.05) is 12.8 Å². The Morgan fingerprint density at radius 2 is 0.879 bits per heavy atom. The quantitative estimate of drug-likeness (QED) is 0.0260. The van der Waals surface area contributed by atoms with Gasteiger partial charge in [0.25, 0.3) is 10.1 Å². The van der Waals surface area contributed by atoms with Crippen LogP contribution in [-0.4, -0.2) is 96.0 Å². The third kappa shape index (κ3) is 30.6. The highest BCUT2D eigenvalue weighted by Crippen LogP contribution is 2.24. The van der Waals surface area contributed by atoms with Gasteiger partial charge in [0.15, 0.2) is 12.4 Å². The summed E-state index contributed by atoms with van der Waals surface area (Å²) in [6.45, 7) is 3.79. The van der Waals surface area contributed by atoms with Gasteiger partial charge in [-0.2, -0.15) is 8.42 Å². The van der Waals surface area contributed by atoms with E-state index in [1.165, 1.54) is 141 Å². The van der Waals surface area contributed by atoms with Crippen LogP contribution in [0.15, 0.2) is 0 Å². The number of aliphatic hydroxyl groups is 3. The number of esters is 2. The van der Waals surface area contributed by atoms with E-state index in [0.717, 1.165) is 38.5 Å². The van der Waals surface area contributed by atoms with Gasteiger partial charge < -0.3 is 34.3 Å². The summed E-state index contributed by atoms with van der Waals surface area (Å²) in [4.78, 5) is 25.4. The second-order valence-corrected chi connectivity index (χ2v) is 18.3. The molecule has 0 aliphatic carbocycles. The number of hydrogen-bond acceptors (Lipinski definition) is 11. The predicted molar refractivity (Wildman–Crippen MR) is 229 cm³/mol. The summed E-state index contributed by atoms with van der Waals surface area (Å²) in [5.41, 5.74) is 0. The largest absolute Gasteiger partial charge is 0.462 e. The minimum Gasteiger partial charge on any atom is -0.462 e. The molecule has 0 saturated carbocycles. The molecule has 13 heteroatoms. The van der Waals surface area contributed by atoms with Gasteiger partial charge in [-0.15, -0.1) is 0 Å². The van der Waals surface area contributed by atoms with E-state index in [0.29, 0.717) is 12.8 Å². The minimum absolute atomic E-state index is 0.172. The Kier molecular flexibility index (Phi) is 34.2. The third-order valence-corrected chi connectivity index (χ3v) is 11.9. The zero-order chi connectivity index (χ0) is 42.7. The molecule has 1 rings (SSSR count). The lowest BCUT2D eigenvalue weighted by atomic mass is 10.00. The summed E-state index contributed by atoms with van der Waals surface area (Å²) in [7, 11) is -4.60. The first-order valence-electron chi connectivity index (χ1n) is 23.6. The van der Waals surface area contributed by atoms with Crippen LogP contribution in [0.3, 0.4) is 0 Å². The molecule has 6 unspecified atom stereocenters. The maximum Gasteiger partial charge on any atom is 0.306 e. The Hall–Kier alpha value is -1.35. The number of aliphatic hydroxyl groups excluding tert-OH is 3. The monoisotopic (exact) mass is 851 g/mol. The molecule has 0 aromatic rings. The Morgan fingerprint density at radius 1 is 0.517 bits per heavy atom. The van der Waals surface area contributed by atoms with Crippen LogP contribution in [0.2, 0.25) is 0 Å². The van der Waals surface area contributed by atoms with Crippen molar-refractivity contribution in [3.63, 3.8) is 0 Å². The van der Waals surface area contributed by atoms with E-state index in [-0.39, 0.29) is 19.4 Å². The maximum absolute atomic E-state index is 12.8. The fourth-order valence-corrected chi connectivity index (χ4v) is 8.19. The Labute approximate surface area is 353 Å². The lowest BCUT2D eigenvalue weighted by Crippen LogP contribution is -2.60. The lowest BCUT2D eigenvalue weighted by Gasteiger charge is -2.40. The van der Waals surface area contributed by atoms with E-state index in [2.05, 4.69) is 13.8 Å². The second kappa shape index (κ2) is 36.3. The van der Waals surface area contributed by atoms with Crippen LogP contribution < -0.4 is 0 Å². The van der Waals surface area contributed by atoms with Gasteiger partial charge in [0.2, 0.25) is 0 Å². The molecule has 12 nitrogen and oxygen atoms in total. The van der Waals surface area contributed by atoms with Gasteiger partial charge in [-0.1, -0.05) is 194 Å². The Morgan fingerprint density at radius 3 is 1.26 bits per heavy atom. The summed E-state index contributed by atoms with van der Waals surface area (Å²) in [5, 5.41) is 30.9. The number of unbranched alkanes of at least 4 members (excludes halogenated alkanes) is 28. The highest BCUT2D eigenvalue weighted by molar-refractivity contribution is 7.85. The molecule has 0 spiro atoms. The molecule has 1 fully saturated rings. The molecule has 4 N–H and O–H groups in total. The van der Waals surface area contributed by atoms with E-state index in [4.69, 9.17) is 18.9 Å². The molecular weight excluding hydrogens is 765 g/mol. The number of hydrogen-bond donors (Lipinski definition) is 4.